The molecule has 0 aromatic carbocycles. The van der Waals surface area contributed by atoms with E-state index in [1.807, 2.05) is 6.08 Å². The van der Waals surface area contributed by atoms with E-state index < -0.39 is 12.1 Å². The van der Waals surface area contributed by atoms with Crippen molar-refractivity contribution in [1.82, 2.24) is 5.32 Å². The molecule has 1 amide bonds. The van der Waals surface area contributed by atoms with Crippen LogP contribution in [0.4, 0.5) is 0 Å². The van der Waals surface area contributed by atoms with Gasteiger partial charge >= 0.3 is 5.97 Å². The van der Waals surface area contributed by atoms with Crippen molar-refractivity contribution in [3.8, 4) is 0 Å². The summed E-state index contributed by atoms with van der Waals surface area (Å²) in [6, 6.07) is -0.631. The molecule has 436 valence electrons. The van der Waals surface area contributed by atoms with E-state index in [-0.39, 0.29) is 18.5 Å². The molecule has 0 fully saturated rings. The number of aliphatic hydroxyl groups excluding tert-OH is 2. The van der Waals surface area contributed by atoms with Crippen LogP contribution in [0, 0.1) is 0 Å². The van der Waals surface area contributed by atoms with Crippen molar-refractivity contribution in [1.29, 1.82) is 0 Å². The maximum absolute atomic E-state index is 12.5. The predicted molar refractivity (Wildman–Crippen MR) is 324 cm³/mol. The second-order valence-electron chi connectivity index (χ2n) is 22.8. The molecule has 2 atom stereocenters. The molecule has 6 heteroatoms. The fraction of sp³-hybridized carbons (Fsp3) is 0.882. The minimum Gasteiger partial charge on any atom is -0.466 e. The smallest absolute Gasteiger partial charge is 0.305 e. The summed E-state index contributed by atoms with van der Waals surface area (Å²) >= 11 is 0. The lowest BCUT2D eigenvalue weighted by Gasteiger charge is -2.20. The third-order valence-corrected chi connectivity index (χ3v) is 15.4. The summed E-state index contributed by atoms with van der Waals surface area (Å²) in [5, 5.41) is 23.2. The number of nitrogens with one attached hydrogen (secondary N) is 1. The van der Waals surface area contributed by atoms with Gasteiger partial charge in [0.25, 0.3) is 0 Å². The third kappa shape index (κ3) is 59.3. The highest BCUT2D eigenvalue weighted by atomic mass is 16.5. The van der Waals surface area contributed by atoms with E-state index in [0.717, 1.165) is 44.9 Å². The Morgan fingerprint density at radius 3 is 0.986 bits per heavy atom. The number of aliphatic hydroxyl groups is 2. The van der Waals surface area contributed by atoms with Gasteiger partial charge in [0.05, 0.1) is 25.4 Å². The highest BCUT2D eigenvalue weighted by Crippen LogP contribution is 2.18. The molecule has 0 radical (unpaired) electrons. The number of hydrogen-bond donors (Lipinski definition) is 3. The predicted octanol–water partition coefficient (Wildman–Crippen LogP) is 21.1. The molecule has 0 saturated heterocycles. The standard InChI is InChI=1S/C68H129NO5/c1-3-5-7-9-11-13-15-17-18-19-20-28-31-34-37-40-44-48-52-56-60-66(71)65(64-70)69-67(72)61-57-53-49-45-41-38-35-32-29-26-24-22-21-23-25-27-30-33-36-39-43-47-51-55-59-63-74-68(73)62-58-54-50-46-42-16-14-12-10-8-6-4-2/h12,14,22,24,56,60,65-66,70-71H,3-11,13,15-21,23,25-55,57-59,61-64H2,1-2H3,(H,69,72)/b14-12-,24-22-,60-56+. The summed E-state index contributed by atoms with van der Waals surface area (Å²) in [6.45, 7) is 4.90. The lowest BCUT2D eigenvalue weighted by Crippen LogP contribution is -2.45. The molecule has 0 saturated carbocycles. The molecule has 0 aliphatic carbocycles. The van der Waals surface area contributed by atoms with Crippen LogP contribution in [0.15, 0.2) is 36.5 Å². The normalized spacial score (nSPS) is 12.8. The Bertz CT molecular complexity index is 1200. The summed E-state index contributed by atoms with van der Waals surface area (Å²) in [4.78, 5) is 24.5. The van der Waals surface area contributed by atoms with Gasteiger partial charge in [0.15, 0.2) is 0 Å². The minimum absolute atomic E-state index is 0.00308. The summed E-state index contributed by atoms with van der Waals surface area (Å²) in [6.07, 6.45) is 80.6. The highest BCUT2D eigenvalue weighted by Gasteiger charge is 2.18. The lowest BCUT2D eigenvalue weighted by molar-refractivity contribution is -0.143. The van der Waals surface area contributed by atoms with Crippen LogP contribution in [0.1, 0.15) is 361 Å². The largest absolute Gasteiger partial charge is 0.466 e. The number of hydrogen-bond acceptors (Lipinski definition) is 5. The quantitative estimate of drug-likeness (QED) is 0.0320. The molecular weight excluding hydrogens is 911 g/mol. The van der Waals surface area contributed by atoms with Crippen LogP contribution >= 0.6 is 0 Å². The minimum atomic E-state index is -0.847. The Morgan fingerprint density at radius 1 is 0.365 bits per heavy atom. The van der Waals surface area contributed by atoms with Crippen molar-refractivity contribution in [2.75, 3.05) is 13.2 Å². The van der Waals surface area contributed by atoms with E-state index in [9.17, 15) is 19.8 Å². The highest BCUT2D eigenvalue weighted by molar-refractivity contribution is 5.76. The summed E-state index contributed by atoms with van der Waals surface area (Å²) in [7, 11) is 0. The van der Waals surface area contributed by atoms with Gasteiger partial charge in [0, 0.05) is 12.8 Å². The van der Waals surface area contributed by atoms with Crippen LogP contribution in [-0.2, 0) is 14.3 Å². The van der Waals surface area contributed by atoms with Crippen LogP contribution in [0.2, 0.25) is 0 Å². The second-order valence-corrected chi connectivity index (χ2v) is 22.8. The van der Waals surface area contributed by atoms with Gasteiger partial charge in [-0.05, 0) is 83.5 Å². The lowest BCUT2D eigenvalue weighted by atomic mass is 10.0. The first kappa shape index (κ1) is 72.1. The molecule has 3 N–H and O–H groups in total. The fourth-order valence-corrected chi connectivity index (χ4v) is 10.3. The number of esters is 1. The Kier molecular flexibility index (Phi) is 62.0. The summed E-state index contributed by atoms with van der Waals surface area (Å²) < 4.78 is 5.47. The maximum atomic E-state index is 12.5. The second kappa shape index (κ2) is 63.6. The molecule has 6 nitrogen and oxygen atoms in total. The first-order valence-corrected chi connectivity index (χ1v) is 33.3. The zero-order valence-electron chi connectivity index (χ0n) is 49.8. The molecule has 0 aromatic rings. The van der Waals surface area contributed by atoms with Crippen molar-refractivity contribution in [2.24, 2.45) is 0 Å². The Morgan fingerprint density at radius 2 is 0.635 bits per heavy atom. The number of ether oxygens (including phenoxy) is 1. The zero-order chi connectivity index (χ0) is 53.6. The Balaban J connectivity index is 3.43. The number of unbranched alkanes of at least 4 members (excludes halogenated alkanes) is 47. The van der Waals surface area contributed by atoms with E-state index in [1.54, 1.807) is 6.08 Å². The number of carbonyl (C=O) groups is 2. The molecule has 0 aliphatic rings. The Labute approximate surface area is 462 Å². The Hall–Kier alpha value is -1.92. The number of carbonyl (C=O) groups excluding carboxylic acids is 2. The van der Waals surface area contributed by atoms with E-state index in [1.165, 1.54) is 289 Å². The van der Waals surface area contributed by atoms with E-state index in [4.69, 9.17) is 4.74 Å². The van der Waals surface area contributed by atoms with Crippen LogP contribution in [0.25, 0.3) is 0 Å². The van der Waals surface area contributed by atoms with Crippen molar-refractivity contribution < 1.29 is 24.5 Å². The molecule has 0 aliphatic heterocycles. The van der Waals surface area contributed by atoms with Gasteiger partial charge in [0.2, 0.25) is 5.91 Å². The van der Waals surface area contributed by atoms with Gasteiger partial charge in [-0.25, -0.2) is 0 Å². The molecule has 0 bridgehead atoms. The van der Waals surface area contributed by atoms with Crippen molar-refractivity contribution in [2.45, 2.75) is 373 Å². The summed E-state index contributed by atoms with van der Waals surface area (Å²) in [5.74, 6) is -0.0651. The van der Waals surface area contributed by atoms with Gasteiger partial charge in [-0.1, -0.05) is 301 Å². The molecule has 0 heterocycles. The molecule has 74 heavy (non-hydrogen) atoms. The van der Waals surface area contributed by atoms with Gasteiger partial charge < -0.3 is 20.3 Å². The van der Waals surface area contributed by atoms with E-state index in [2.05, 4.69) is 43.5 Å². The maximum Gasteiger partial charge on any atom is 0.305 e. The number of allylic oxidation sites excluding steroid dienone is 5. The van der Waals surface area contributed by atoms with Crippen LogP contribution in [-0.4, -0.2) is 47.4 Å². The van der Waals surface area contributed by atoms with Gasteiger partial charge in [0.1, 0.15) is 0 Å². The zero-order valence-corrected chi connectivity index (χ0v) is 49.8. The molecular formula is C68H129NO5. The number of rotatable bonds is 62. The summed E-state index contributed by atoms with van der Waals surface area (Å²) in [5.41, 5.74) is 0. The average Bonchev–Trinajstić information content (AvgIpc) is 3.40. The topological polar surface area (TPSA) is 95.9 Å². The van der Waals surface area contributed by atoms with Crippen molar-refractivity contribution in [3.05, 3.63) is 36.5 Å². The van der Waals surface area contributed by atoms with Crippen molar-refractivity contribution in [3.63, 3.8) is 0 Å². The van der Waals surface area contributed by atoms with Gasteiger partial charge in [-0.3, -0.25) is 9.59 Å². The van der Waals surface area contributed by atoms with Crippen molar-refractivity contribution >= 4 is 11.9 Å². The van der Waals surface area contributed by atoms with Gasteiger partial charge in [-0.2, -0.15) is 0 Å². The first-order chi connectivity index (χ1) is 36.5. The third-order valence-electron chi connectivity index (χ3n) is 15.4. The monoisotopic (exact) mass is 1040 g/mol. The molecule has 2 unspecified atom stereocenters. The van der Waals surface area contributed by atoms with E-state index in [0.29, 0.717) is 19.4 Å². The molecule has 0 aromatic heterocycles. The SMILES string of the molecule is CCCCC/C=C\CCCCCCCC(=O)OCCCCCCCCCCCCCC/C=C\CCCCCCCCCCCC(=O)NC(CO)C(O)/C=C/CCCCCCCCCCCCCCCCCCCC. The first-order valence-electron chi connectivity index (χ1n) is 33.3. The molecule has 0 spiro atoms. The fourth-order valence-electron chi connectivity index (χ4n) is 10.3. The molecule has 0 rings (SSSR count). The van der Waals surface area contributed by atoms with Crippen LogP contribution < -0.4 is 5.32 Å². The van der Waals surface area contributed by atoms with Crippen LogP contribution in [0.5, 0.6) is 0 Å². The van der Waals surface area contributed by atoms with Crippen LogP contribution in [0.3, 0.4) is 0 Å². The average molecular weight is 1040 g/mol. The van der Waals surface area contributed by atoms with Gasteiger partial charge in [-0.15, -0.1) is 0 Å². The number of amides is 1. The van der Waals surface area contributed by atoms with E-state index >= 15 is 0 Å².